The summed E-state index contributed by atoms with van der Waals surface area (Å²) in [5.74, 6) is 0.156. The minimum absolute atomic E-state index is 0.156. The van der Waals surface area contributed by atoms with E-state index >= 15 is 0 Å². The van der Waals surface area contributed by atoms with Crippen LogP contribution in [0, 0.1) is 6.92 Å². The van der Waals surface area contributed by atoms with Crippen LogP contribution in [-0.2, 0) is 15.6 Å². The maximum Gasteiger partial charge on any atom is 0.157 e. The van der Waals surface area contributed by atoms with Crippen molar-refractivity contribution in [3.8, 4) is 0 Å². The molecule has 1 heterocycles. The number of rotatable bonds is 3. The summed E-state index contributed by atoms with van der Waals surface area (Å²) in [5.41, 5.74) is 1.21. The molecule has 0 atom stereocenters. The Labute approximate surface area is 106 Å². The van der Waals surface area contributed by atoms with E-state index in [0.29, 0.717) is 0 Å². The topological polar surface area (TPSA) is 34.1 Å². The standard InChI is InChI=1S/C13H16O2S2/c1-9(2)17(14,15)8-12-7-11-5-4-10(3)6-13(11)16-12/h4-7,9H,8H2,1-3H3. The molecule has 0 aliphatic rings. The van der Waals surface area contributed by atoms with Gasteiger partial charge >= 0.3 is 0 Å². The molecule has 0 radical (unpaired) electrons. The highest BCUT2D eigenvalue weighted by atomic mass is 32.2. The van der Waals surface area contributed by atoms with Gasteiger partial charge in [-0.3, -0.25) is 0 Å². The number of sulfone groups is 1. The van der Waals surface area contributed by atoms with E-state index in [9.17, 15) is 8.42 Å². The largest absolute Gasteiger partial charge is 0.228 e. The van der Waals surface area contributed by atoms with E-state index < -0.39 is 9.84 Å². The number of benzene rings is 1. The molecule has 0 aliphatic carbocycles. The summed E-state index contributed by atoms with van der Waals surface area (Å²) < 4.78 is 24.9. The molecule has 1 aromatic heterocycles. The molecule has 0 unspecified atom stereocenters. The first kappa shape index (κ1) is 12.6. The molecule has 4 heteroatoms. The molecule has 17 heavy (non-hydrogen) atoms. The van der Waals surface area contributed by atoms with Gasteiger partial charge in [-0.2, -0.15) is 0 Å². The summed E-state index contributed by atoms with van der Waals surface area (Å²) in [5, 5.41) is 0.823. The minimum Gasteiger partial charge on any atom is -0.228 e. The lowest BCUT2D eigenvalue weighted by molar-refractivity contribution is 0.587. The molecule has 0 amide bonds. The molecule has 2 rings (SSSR count). The zero-order valence-corrected chi connectivity index (χ0v) is 11.9. The van der Waals surface area contributed by atoms with Crippen LogP contribution in [0.5, 0.6) is 0 Å². The van der Waals surface area contributed by atoms with Crippen molar-refractivity contribution in [2.24, 2.45) is 0 Å². The molecular weight excluding hydrogens is 252 g/mol. The predicted molar refractivity (Wildman–Crippen MR) is 74.3 cm³/mol. The molecular formula is C13H16O2S2. The third-order valence-electron chi connectivity index (χ3n) is 2.79. The molecule has 0 N–H and O–H groups in total. The van der Waals surface area contributed by atoms with Crippen LogP contribution in [0.15, 0.2) is 24.3 Å². The minimum atomic E-state index is -3.00. The smallest absolute Gasteiger partial charge is 0.157 e. The van der Waals surface area contributed by atoms with E-state index in [4.69, 9.17) is 0 Å². The fourth-order valence-electron chi connectivity index (χ4n) is 1.63. The summed E-state index contributed by atoms with van der Waals surface area (Å²) in [6.45, 7) is 5.50. The predicted octanol–water partition coefficient (Wildman–Crippen LogP) is 3.53. The molecule has 2 nitrogen and oxygen atoms in total. The summed E-state index contributed by atoms with van der Waals surface area (Å²) in [7, 11) is -3.00. The highest BCUT2D eigenvalue weighted by Crippen LogP contribution is 2.28. The third kappa shape index (κ3) is 2.69. The second-order valence-electron chi connectivity index (χ2n) is 4.61. The van der Waals surface area contributed by atoms with E-state index in [-0.39, 0.29) is 11.0 Å². The fourth-order valence-corrected chi connectivity index (χ4v) is 4.13. The van der Waals surface area contributed by atoms with Gasteiger partial charge in [-0.15, -0.1) is 11.3 Å². The van der Waals surface area contributed by atoms with Crippen LogP contribution in [-0.4, -0.2) is 13.7 Å². The van der Waals surface area contributed by atoms with Crippen molar-refractivity contribution in [1.82, 2.24) is 0 Å². The van der Waals surface area contributed by atoms with Crippen LogP contribution < -0.4 is 0 Å². The highest BCUT2D eigenvalue weighted by molar-refractivity contribution is 7.91. The number of hydrogen-bond acceptors (Lipinski definition) is 3. The number of aryl methyl sites for hydroxylation is 1. The SMILES string of the molecule is Cc1ccc2cc(CS(=O)(=O)C(C)C)sc2c1. The van der Waals surface area contributed by atoms with E-state index in [2.05, 4.69) is 12.1 Å². The maximum absolute atomic E-state index is 11.9. The van der Waals surface area contributed by atoms with Gasteiger partial charge in [0.1, 0.15) is 0 Å². The van der Waals surface area contributed by atoms with Crippen molar-refractivity contribution < 1.29 is 8.42 Å². The summed E-state index contributed by atoms with van der Waals surface area (Å²) in [6, 6.07) is 8.19. The Morgan fingerprint density at radius 2 is 1.94 bits per heavy atom. The Morgan fingerprint density at radius 1 is 1.24 bits per heavy atom. The van der Waals surface area contributed by atoms with Crippen molar-refractivity contribution in [3.05, 3.63) is 34.7 Å². The first-order chi connectivity index (χ1) is 7.88. The van der Waals surface area contributed by atoms with Gasteiger partial charge in [-0.25, -0.2) is 8.42 Å². The Balaban J connectivity index is 2.38. The third-order valence-corrected chi connectivity index (χ3v) is 6.22. The van der Waals surface area contributed by atoms with Gasteiger partial charge in [0.2, 0.25) is 0 Å². The number of thiophene rings is 1. The van der Waals surface area contributed by atoms with Crippen LogP contribution in [0.1, 0.15) is 24.3 Å². The first-order valence-corrected chi connectivity index (χ1v) is 8.12. The second kappa shape index (κ2) is 4.42. The molecule has 0 saturated heterocycles. The highest BCUT2D eigenvalue weighted by Gasteiger charge is 2.18. The maximum atomic E-state index is 11.9. The van der Waals surface area contributed by atoms with Gasteiger partial charge in [0.15, 0.2) is 9.84 Å². The zero-order valence-electron chi connectivity index (χ0n) is 10.2. The lowest BCUT2D eigenvalue weighted by Gasteiger charge is -2.04. The second-order valence-corrected chi connectivity index (χ2v) is 8.34. The van der Waals surface area contributed by atoms with Gasteiger partial charge in [0.25, 0.3) is 0 Å². The summed E-state index contributed by atoms with van der Waals surface area (Å²) >= 11 is 1.58. The van der Waals surface area contributed by atoms with E-state index in [1.807, 2.05) is 19.1 Å². The van der Waals surface area contributed by atoms with Crippen LogP contribution in [0.3, 0.4) is 0 Å². The van der Waals surface area contributed by atoms with Crippen molar-refractivity contribution in [2.45, 2.75) is 31.8 Å². The molecule has 0 fully saturated rings. The average molecular weight is 268 g/mol. The van der Waals surface area contributed by atoms with Crippen LogP contribution in [0.25, 0.3) is 10.1 Å². The Kier molecular flexibility index (Phi) is 3.27. The molecule has 1 aromatic carbocycles. The van der Waals surface area contributed by atoms with Gasteiger partial charge < -0.3 is 0 Å². The molecule has 0 aliphatic heterocycles. The van der Waals surface area contributed by atoms with Crippen molar-refractivity contribution in [3.63, 3.8) is 0 Å². The fraction of sp³-hybridized carbons (Fsp3) is 0.385. The summed E-state index contributed by atoms with van der Waals surface area (Å²) in [6.07, 6.45) is 0. The Hall–Kier alpha value is -0.870. The van der Waals surface area contributed by atoms with Crippen LogP contribution in [0.2, 0.25) is 0 Å². The summed E-state index contributed by atoms with van der Waals surface area (Å²) in [4.78, 5) is 0.930. The van der Waals surface area contributed by atoms with Gasteiger partial charge in [0, 0.05) is 9.58 Å². The van der Waals surface area contributed by atoms with Crippen molar-refractivity contribution in [1.29, 1.82) is 0 Å². The lowest BCUT2D eigenvalue weighted by Crippen LogP contribution is -2.15. The van der Waals surface area contributed by atoms with Crippen LogP contribution >= 0.6 is 11.3 Å². The molecule has 0 bridgehead atoms. The number of fused-ring (bicyclic) bond motifs is 1. The molecule has 2 aromatic rings. The van der Waals surface area contributed by atoms with Gasteiger partial charge in [-0.1, -0.05) is 12.1 Å². The van der Waals surface area contributed by atoms with Crippen molar-refractivity contribution in [2.75, 3.05) is 0 Å². The number of hydrogen-bond donors (Lipinski definition) is 0. The van der Waals surface area contributed by atoms with Gasteiger partial charge in [0.05, 0.1) is 11.0 Å². The lowest BCUT2D eigenvalue weighted by atomic mass is 10.2. The molecule has 0 saturated carbocycles. The van der Waals surface area contributed by atoms with Gasteiger partial charge in [-0.05, 0) is 43.9 Å². The average Bonchev–Trinajstić information content (AvgIpc) is 2.57. The van der Waals surface area contributed by atoms with E-state index in [0.717, 1.165) is 10.3 Å². The van der Waals surface area contributed by atoms with Crippen molar-refractivity contribution >= 4 is 31.3 Å². The normalized spacial score (nSPS) is 12.5. The molecule has 92 valence electrons. The Morgan fingerprint density at radius 3 is 2.59 bits per heavy atom. The van der Waals surface area contributed by atoms with E-state index in [1.54, 1.807) is 25.2 Å². The first-order valence-electron chi connectivity index (χ1n) is 5.59. The quantitative estimate of drug-likeness (QED) is 0.853. The van der Waals surface area contributed by atoms with E-state index in [1.165, 1.54) is 10.3 Å². The molecule has 0 spiro atoms. The Bertz CT molecular complexity index is 636. The monoisotopic (exact) mass is 268 g/mol. The van der Waals surface area contributed by atoms with Crippen LogP contribution in [0.4, 0.5) is 0 Å². The zero-order chi connectivity index (χ0) is 12.6.